The number of fused-ring (bicyclic) bond motifs is 1. The van der Waals surface area contributed by atoms with Gasteiger partial charge in [0.05, 0.1) is 5.69 Å². The van der Waals surface area contributed by atoms with Crippen molar-refractivity contribution >= 4 is 27.9 Å². The average Bonchev–Trinajstić information content (AvgIpc) is 3.27. The van der Waals surface area contributed by atoms with E-state index in [-0.39, 0.29) is 5.91 Å². The SMILES string of the molecule is Cc1ccc(OC(C)C(=O)Nc2ccc(-c3cn4ccsc4n3)cc2)cc1C. The first-order chi connectivity index (χ1) is 13.5. The van der Waals surface area contributed by atoms with Crippen LogP contribution >= 0.6 is 11.3 Å². The molecule has 1 unspecified atom stereocenters. The third kappa shape index (κ3) is 3.77. The number of amides is 1. The summed E-state index contributed by atoms with van der Waals surface area (Å²) >= 11 is 1.60. The van der Waals surface area contributed by atoms with Gasteiger partial charge in [0.2, 0.25) is 0 Å². The number of nitrogens with zero attached hydrogens (tertiary/aromatic N) is 2. The van der Waals surface area contributed by atoms with Crippen molar-refractivity contribution in [2.24, 2.45) is 0 Å². The minimum Gasteiger partial charge on any atom is -0.481 e. The Bertz CT molecular complexity index is 1100. The number of hydrogen-bond acceptors (Lipinski definition) is 4. The summed E-state index contributed by atoms with van der Waals surface area (Å²) in [6.07, 6.45) is 3.39. The number of rotatable bonds is 5. The van der Waals surface area contributed by atoms with Crippen LogP contribution in [0.2, 0.25) is 0 Å². The van der Waals surface area contributed by atoms with Crippen molar-refractivity contribution in [3.8, 4) is 17.0 Å². The second-order valence-electron chi connectivity index (χ2n) is 6.79. The van der Waals surface area contributed by atoms with Crippen molar-refractivity contribution < 1.29 is 9.53 Å². The monoisotopic (exact) mass is 391 g/mol. The number of carbonyl (C=O) groups is 1. The normalized spacial score (nSPS) is 12.1. The third-order valence-corrected chi connectivity index (χ3v) is 5.47. The van der Waals surface area contributed by atoms with E-state index in [0.29, 0.717) is 5.75 Å². The van der Waals surface area contributed by atoms with E-state index < -0.39 is 6.10 Å². The lowest BCUT2D eigenvalue weighted by atomic mass is 10.1. The largest absolute Gasteiger partial charge is 0.481 e. The molecule has 6 heteroatoms. The Balaban J connectivity index is 1.41. The molecule has 4 aromatic rings. The number of benzene rings is 2. The van der Waals surface area contributed by atoms with Gasteiger partial charge in [0.15, 0.2) is 11.1 Å². The molecule has 2 heterocycles. The van der Waals surface area contributed by atoms with E-state index in [9.17, 15) is 4.79 Å². The highest BCUT2D eigenvalue weighted by Crippen LogP contribution is 2.23. The summed E-state index contributed by atoms with van der Waals surface area (Å²) in [5, 5.41) is 4.91. The van der Waals surface area contributed by atoms with Crippen LogP contribution in [0.4, 0.5) is 5.69 Å². The Morgan fingerprint density at radius 3 is 2.64 bits per heavy atom. The molecule has 0 saturated heterocycles. The summed E-state index contributed by atoms with van der Waals surface area (Å²) in [4.78, 5) is 18.0. The van der Waals surface area contributed by atoms with Crippen LogP contribution in [-0.2, 0) is 4.79 Å². The van der Waals surface area contributed by atoms with E-state index in [1.165, 1.54) is 5.56 Å². The van der Waals surface area contributed by atoms with Crippen LogP contribution in [0.5, 0.6) is 5.75 Å². The summed E-state index contributed by atoms with van der Waals surface area (Å²) in [5.74, 6) is 0.509. The molecule has 0 saturated carbocycles. The minimum atomic E-state index is -0.596. The Hall–Kier alpha value is -3.12. The second-order valence-corrected chi connectivity index (χ2v) is 7.66. The quantitative estimate of drug-likeness (QED) is 0.516. The number of aryl methyl sites for hydroxylation is 2. The zero-order valence-corrected chi connectivity index (χ0v) is 16.8. The molecule has 2 aromatic carbocycles. The summed E-state index contributed by atoms with van der Waals surface area (Å²) in [5.41, 5.74) is 4.98. The standard InChI is InChI=1S/C22H21N3O2S/c1-14-4-9-19(12-15(14)2)27-16(3)21(26)23-18-7-5-17(6-8-18)20-13-25-10-11-28-22(25)24-20/h4-13,16H,1-3H3,(H,23,26). The molecule has 0 aliphatic rings. The second kappa shape index (κ2) is 7.48. The molecular formula is C22H21N3O2S. The van der Waals surface area contributed by atoms with Crippen LogP contribution in [0.25, 0.3) is 16.2 Å². The highest BCUT2D eigenvalue weighted by Gasteiger charge is 2.15. The summed E-state index contributed by atoms with van der Waals surface area (Å²) in [7, 11) is 0. The fourth-order valence-corrected chi connectivity index (χ4v) is 3.58. The molecule has 5 nitrogen and oxygen atoms in total. The molecule has 0 radical (unpaired) electrons. The Morgan fingerprint density at radius 2 is 1.93 bits per heavy atom. The van der Waals surface area contributed by atoms with Gasteiger partial charge in [-0.15, -0.1) is 11.3 Å². The third-order valence-electron chi connectivity index (χ3n) is 4.70. The van der Waals surface area contributed by atoms with Crippen LogP contribution in [0, 0.1) is 13.8 Å². The van der Waals surface area contributed by atoms with Crippen molar-refractivity contribution in [1.82, 2.24) is 9.38 Å². The molecule has 0 bridgehead atoms. The first kappa shape index (κ1) is 18.3. The van der Waals surface area contributed by atoms with Gasteiger partial charge in [-0.05, 0) is 56.2 Å². The van der Waals surface area contributed by atoms with Crippen LogP contribution in [0.1, 0.15) is 18.1 Å². The summed E-state index contributed by atoms with van der Waals surface area (Å²) in [6.45, 7) is 5.82. The van der Waals surface area contributed by atoms with Gasteiger partial charge < -0.3 is 10.1 Å². The highest BCUT2D eigenvalue weighted by molar-refractivity contribution is 7.15. The number of aromatic nitrogens is 2. The zero-order valence-electron chi connectivity index (χ0n) is 16.0. The van der Waals surface area contributed by atoms with Crippen LogP contribution in [-0.4, -0.2) is 21.4 Å². The van der Waals surface area contributed by atoms with Gasteiger partial charge in [-0.1, -0.05) is 18.2 Å². The summed E-state index contributed by atoms with van der Waals surface area (Å²) in [6, 6.07) is 13.5. The lowest BCUT2D eigenvalue weighted by molar-refractivity contribution is -0.122. The van der Waals surface area contributed by atoms with E-state index in [2.05, 4.69) is 10.3 Å². The van der Waals surface area contributed by atoms with Gasteiger partial charge in [-0.25, -0.2) is 4.98 Å². The maximum Gasteiger partial charge on any atom is 0.265 e. The topological polar surface area (TPSA) is 55.6 Å². The van der Waals surface area contributed by atoms with Gasteiger partial charge in [0.25, 0.3) is 5.91 Å². The smallest absolute Gasteiger partial charge is 0.265 e. The van der Waals surface area contributed by atoms with E-state index in [4.69, 9.17) is 4.74 Å². The highest BCUT2D eigenvalue weighted by atomic mass is 32.1. The Morgan fingerprint density at radius 1 is 1.14 bits per heavy atom. The van der Waals surface area contributed by atoms with Crippen LogP contribution in [0.3, 0.4) is 0 Å². The van der Waals surface area contributed by atoms with Crippen molar-refractivity contribution in [3.05, 3.63) is 71.4 Å². The molecule has 142 valence electrons. The zero-order chi connectivity index (χ0) is 19.7. The number of nitrogens with one attached hydrogen (secondary N) is 1. The number of thiazole rings is 1. The number of hydrogen-bond donors (Lipinski definition) is 1. The molecule has 1 amide bonds. The van der Waals surface area contributed by atoms with Gasteiger partial charge in [-0.3, -0.25) is 9.20 Å². The number of anilines is 1. The predicted octanol–water partition coefficient (Wildman–Crippen LogP) is 5.09. The first-order valence-corrected chi connectivity index (χ1v) is 9.95. The molecule has 1 N–H and O–H groups in total. The van der Waals surface area contributed by atoms with Crippen molar-refractivity contribution in [2.45, 2.75) is 26.9 Å². The minimum absolute atomic E-state index is 0.187. The molecule has 0 aliphatic heterocycles. The van der Waals surface area contributed by atoms with Crippen LogP contribution in [0.15, 0.2) is 60.2 Å². The Kier molecular flexibility index (Phi) is 4.88. The molecule has 0 aliphatic carbocycles. The number of ether oxygens (including phenoxy) is 1. The van der Waals surface area contributed by atoms with Crippen molar-refractivity contribution in [3.63, 3.8) is 0 Å². The first-order valence-electron chi connectivity index (χ1n) is 9.07. The fourth-order valence-electron chi connectivity index (χ4n) is 2.88. The molecule has 0 spiro atoms. The molecule has 1 atom stereocenters. The maximum atomic E-state index is 12.5. The van der Waals surface area contributed by atoms with Gasteiger partial charge in [0, 0.05) is 29.0 Å². The molecule has 4 rings (SSSR count). The average molecular weight is 391 g/mol. The van der Waals surface area contributed by atoms with E-state index in [1.54, 1.807) is 18.3 Å². The van der Waals surface area contributed by atoms with Crippen molar-refractivity contribution in [1.29, 1.82) is 0 Å². The fraction of sp³-hybridized carbons (Fsp3) is 0.182. The van der Waals surface area contributed by atoms with Gasteiger partial charge in [0.1, 0.15) is 5.75 Å². The van der Waals surface area contributed by atoms with E-state index >= 15 is 0 Å². The number of carbonyl (C=O) groups excluding carboxylic acids is 1. The lowest BCUT2D eigenvalue weighted by Crippen LogP contribution is -2.30. The predicted molar refractivity (Wildman–Crippen MR) is 113 cm³/mol. The Labute approximate surface area is 167 Å². The maximum absolute atomic E-state index is 12.5. The molecule has 0 fully saturated rings. The van der Waals surface area contributed by atoms with Crippen LogP contribution < -0.4 is 10.1 Å². The van der Waals surface area contributed by atoms with Gasteiger partial charge in [-0.2, -0.15) is 0 Å². The molecular weight excluding hydrogens is 370 g/mol. The van der Waals surface area contributed by atoms with Gasteiger partial charge >= 0.3 is 0 Å². The van der Waals surface area contributed by atoms with Crippen molar-refractivity contribution in [2.75, 3.05) is 5.32 Å². The van der Waals surface area contributed by atoms with E-state index in [0.717, 1.165) is 27.5 Å². The molecule has 28 heavy (non-hydrogen) atoms. The lowest BCUT2D eigenvalue weighted by Gasteiger charge is -2.15. The summed E-state index contributed by atoms with van der Waals surface area (Å²) < 4.78 is 7.78. The van der Waals surface area contributed by atoms with E-state index in [1.807, 2.05) is 78.5 Å². The molecule has 2 aromatic heterocycles. The number of imidazole rings is 1.